The Kier molecular flexibility index (Phi) is 6.03. The normalized spacial score (nSPS) is 24.8. The molecule has 1 saturated heterocycles. The van der Waals surface area contributed by atoms with Gasteiger partial charge >= 0.3 is 0 Å². The number of ether oxygens (including phenoxy) is 2. The maximum atomic E-state index is 5.82. The molecule has 21 heavy (non-hydrogen) atoms. The van der Waals surface area contributed by atoms with Crippen LogP contribution in [-0.2, 0) is 4.74 Å². The summed E-state index contributed by atoms with van der Waals surface area (Å²) in [6.07, 6.45) is 0.599. The van der Waals surface area contributed by atoms with Gasteiger partial charge in [-0.3, -0.25) is 4.90 Å². The van der Waals surface area contributed by atoms with Crippen molar-refractivity contribution >= 4 is 0 Å². The van der Waals surface area contributed by atoms with Gasteiger partial charge in [-0.05, 0) is 26.5 Å². The molecule has 0 aromatic heterocycles. The number of likely N-dealkylation sites (N-methyl/N-ethyl adjacent to an activating group) is 1. The Morgan fingerprint density at radius 1 is 1.29 bits per heavy atom. The first kappa shape index (κ1) is 16.3. The molecule has 1 aromatic rings. The minimum Gasteiger partial charge on any atom is -0.496 e. The predicted octanol–water partition coefficient (Wildman–Crippen LogP) is 2.46. The van der Waals surface area contributed by atoms with Crippen LogP contribution in [0.5, 0.6) is 5.75 Å². The topological polar surface area (TPSA) is 33.7 Å². The Hall–Kier alpha value is -1.10. The number of morpholine rings is 1. The molecule has 1 aliphatic heterocycles. The SMILES string of the molecule is CCNC(CN1CC(C)OC(C)C1)c1ccccc1OC. The molecule has 3 unspecified atom stereocenters. The highest BCUT2D eigenvalue weighted by atomic mass is 16.5. The lowest BCUT2D eigenvalue weighted by atomic mass is 10.0. The lowest BCUT2D eigenvalue weighted by Crippen LogP contribution is -2.48. The number of rotatable bonds is 6. The lowest BCUT2D eigenvalue weighted by Gasteiger charge is -2.37. The zero-order valence-corrected chi connectivity index (χ0v) is 13.6. The second kappa shape index (κ2) is 7.78. The number of benzene rings is 1. The van der Waals surface area contributed by atoms with Gasteiger partial charge in [0.05, 0.1) is 19.3 Å². The van der Waals surface area contributed by atoms with Crippen LogP contribution in [0.25, 0.3) is 0 Å². The number of para-hydroxylation sites is 1. The van der Waals surface area contributed by atoms with E-state index in [1.165, 1.54) is 5.56 Å². The van der Waals surface area contributed by atoms with Crippen molar-refractivity contribution in [1.82, 2.24) is 10.2 Å². The van der Waals surface area contributed by atoms with Gasteiger partial charge in [-0.15, -0.1) is 0 Å². The summed E-state index contributed by atoms with van der Waals surface area (Å²) >= 11 is 0. The first-order chi connectivity index (χ1) is 10.1. The van der Waals surface area contributed by atoms with Gasteiger partial charge in [-0.2, -0.15) is 0 Å². The highest BCUT2D eigenvalue weighted by Gasteiger charge is 2.25. The van der Waals surface area contributed by atoms with Crippen molar-refractivity contribution in [3.8, 4) is 5.75 Å². The van der Waals surface area contributed by atoms with Gasteiger partial charge in [-0.25, -0.2) is 0 Å². The zero-order valence-electron chi connectivity index (χ0n) is 13.6. The van der Waals surface area contributed by atoms with E-state index >= 15 is 0 Å². The molecule has 0 radical (unpaired) electrons. The molecule has 4 nitrogen and oxygen atoms in total. The van der Waals surface area contributed by atoms with Crippen LogP contribution in [0, 0.1) is 0 Å². The van der Waals surface area contributed by atoms with Gasteiger partial charge in [-0.1, -0.05) is 25.1 Å². The van der Waals surface area contributed by atoms with Gasteiger partial charge in [0.2, 0.25) is 0 Å². The summed E-state index contributed by atoms with van der Waals surface area (Å²) in [7, 11) is 1.74. The van der Waals surface area contributed by atoms with Crippen LogP contribution in [0.1, 0.15) is 32.4 Å². The van der Waals surface area contributed by atoms with Gasteiger partial charge < -0.3 is 14.8 Å². The summed E-state index contributed by atoms with van der Waals surface area (Å²) in [6, 6.07) is 8.56. The van der Waals surface area contributed by atoms with Gasteiger partial charge in [0.25, 0.3) is 0 Å². The molecule has 2 rings (SSSR count). The summed E-state index contributed by atoms with van der Waals surface area (Å²) in [5.41, 5.74) is 1.23. The fourth-order valence-electron chi connectivity index (χ4n) is 3.17. The molecule has 1 heterocycles. The van der Waals surface area contributed by atoms with Crippen LogP contribution in [0.4, 0.5) is 0 Å². The highest BCUT2D eigenvalue weighted by molar-refractivity contribution is 5.36. The third kappa shape index (κ3) is 4.43. The summed E-state index contributed by atoms with van der Waals surface area (Å²) in [5.74, 6) is 0.956. The van der Waals surface area contributed by atoms with E-state index in [4.69, 9.17) is 9.47 Å². The van der Waals surface area contributed by atoms with E-state index in [2.05, 4.69) is 43.1 Å². The first-order valence-corrected chi connectivity index (χ1v) is 7.88. The molecule has 0 spiro atoms. The maximum Gasteiger partial charge on any atom is 0.123 e. The second-order valence-corrected chi connectivity index (χ2v) is 5.83. The van der Waals surface area contributed by atoms with Crippen LogP contribution in [0.2, 0.25) is 0 Å². The molecular formula is C17H28N2O2. The fourth-order valence-corrected chi connectivity index (χ4v) is 3.17. The summed E-state index contributed by atoms with van der Waals surface area (Å²) in [5, 5.41) is 3.59. The van der Waals surface area contributed by atoms with Gasteiger partial charge in [0.1, 0.15) is 5.75 Å². The minimum absolute atomic E-state index is 0.281. The number of methoxy groups -OCH3 is 1. The minimum atomic E-state index is 0.281. The van der Waals surface area contributed by atoms with Crippen molar-refractivity contribution in [3.05, 3.63) is 29.8 Å². The Morgan fingerprint density at radius 2 is 1.95 bits per heavy atom. The molecule has 0 saturated carbocycles. The van der Waals surface area contributed by atoms with E-state index in [0.717, 1.165) is 31.9 Å². The van der Waals surface area contributed by atoms with Crippen molar-refractivity contribution in [1.29, 1.82) is 0 Å². The third-order valence-electron chi connectivity index (χ3n) is 3.90. The Bertz CT molecular complexity index is 429. The highest BCUT2D eigenvalue weighted by Crippen LogP contribution is 2.26. The van der Waals surface area contributed by atoms with Crippen LogP contribution < -0.4 is 10.1 Å². The molecular weight excluding hydrogens is 264 g/mol. The quantitative estimate of drug-likeness (QED) is 0.873. The lowest BCUT2D eigenvalue weighted by molar-refractivity contribution is -0.0699. The van der Waals surface area contributed by atoms with E-state index in [1.54, 1.807) is 7.11 Å². The van der Waals surface area contributed by atoms with E-state index < -0.39 is 0 Å². The Labute approximate surface area is 128 Å². The van der Waals surface area contributed by atoms with E-state index in [-0.39, 0.29) is 6.04 Å². The van der Waals surface area contributed by atoms with Crippen molar-refractivity contribution in [2.75, 3.05) is 33.3 Å². The standard InChI is InChI=1S/C17H28N2O2/c1-5-18-16(15-8-6-7-9-17(15)20-4)12-19-10-13(2)21-14(3)11-19/h6-9,13-14,16,18H,5,10-12H2,1-4H3. The van der Waals surface area contributed by atoms with Crippen LogP contribution in [0.15, 0.2) is 24.3 Å². The molecule has 3 atom stereocenters. The fraction of sp³-hybridized carbons (Fsp3) is 0.647. The Morgan fingerprint density at radius 3 is 2.57 bits per heavy atom. The third-order valence-corrected chi connectivity index (χ3v) is 3.90. The molecule has 118 valence electrons. The molecule has 1 aromatic carbocycles. The molecule has 0 aliphatic carbocycles. The second-order valence-electron chi connectivity index (χ2n) is 5.83. The number of hydrogen-bond donors (Lipinski definition) is 1. The van der Waals surface area contributed by atoms with Crippen molar-refractivity contribution in [2.45, 2.75) is 39.0 Å². The predicted molar refractivity (Wildman–Crippen MR) is 85.9 cm³/mol. The van der Waals surface area contributed by atoms with Gasteiger partial charge in [0, 0.05) is 31.2 Å². The van der Waals surface area contributed by atoms with Gasteiger partial charge in [0.15, 0.2) is 0 Å². The number of nitrogens with one attached hydrogen (secondary N) is 1. The van der Waals surface area contributed by atoms with Crippen LogP contribution in [-0.4, -0.2) is 50.4 Å². The molecule has 0 bridgehead atoms. The van der Waals surface area contributed by atoms with E-state index in [9.17, 15) is 0 Å². The number of nitrogens with zero attached hydrogens (tertiary/aromatic N) is 1. The smallest absolute Gasteiger partial charge is 0.123 e. The van der Waals surface area contributed by atoms with Crippen molar-refractivity contribution in [2.24, 2.45) is 0 Å². The molecule has 1 aliphatic rings. The molecule has 1 N–H and O–H groups in total. The summed E-state index contributed by atoms with van der Waals surface area (Å²) in [6.45, 7) is 10.3. The van der Waals surface area contributed by atoms with Crippen LogP contribution in [0.3, 0.4) is 0 Å². The monoisotopic (exact) mass is 292 g/mol. The summed E-state index contributed by atoms with van der Waals surface area (Å²) in [4.78, 5) is 2.48. The van der Waals surface area contributed by atoms with E-state index in [0.29, 0.717) is 12.2 Å². The average molecular weight is 292 g/mol. The molecule has 0 amide bonds. The van der Waals surface area contributed by atoms with E-state index in [1.807, 2.05) is 12.1 Å². The maximum absolute atomic E-state index is 5.82. The molecule has 4 heteroatoms. The zero-order chi connectivity index (χ0) is 15.2. The largest absolute Gasteiger partial charge is 0.496 e. The Balaban J connectivity index is 2.11. The first-order valence-electron chi connectivity index (χ1n) is 7.88. The van der Waals surface area contributed by atoms with Crippen molar-refractivity contribution < 1.29 is 9.47 Å². The summed E-state index contributed by atoms with van der Waals surface area (Å²) < 4.78 is 11.3. The molecule has 1 fully saturated rings. The van der Waals surface area contributed by atoms with Crippen LogP contribution >= 0.6 is 0 Å². The number of hydrogen-bond acceptors (Lipinski definition) is 4. The average Bonchev–Trinajstić information content (AvgIpc) is 2.45. The van der Waals surface area contributed by atoms with Crippen molar-refractivity contribution in [3.63, 3.8) is 0 Å².